The molecule has 166 valence electrons. The molecule has 0 aliphatic heterocycles. The van der Waals surface area contributed by atoms with Crippen molar-refractivity contribution in [2.45, 2.75) is 101 Å². The lowest BCUT2D eigenvalue weighted by Gasteiger charge is -2.27. The monoisotopic (exact) mass is 423 g/mol. The fourth-order valence-corrected chi connectivity index (χ4v) is 5.69. The summed E-state index contributed by atoms with van der Waals surface area (Å²) < 4.78 is 15.7. The van der Waals surface area contributed by atoms with E-state index in [2.05, 4.69) is 10.00 Å². The predicted octanol–water partition coefficient (Wildman–Crippen LogP) is 5.86. The van der Waals surface area contributed by atoms with Gasteiger partial charge in [0.05, 0.1) is 6.04 Å². The molecule has 0 saturated heterocycles. The van der Waals surface area contributed by atoms with E-state index in [1.807, 2.05) is 12.1 Å². The summed E-state index contributed by atoms with van der Waals surface area (Å²) >= 11 is 0. The molecule has 1 unspecified atom stereocenters. The zero-order chi connectivity index (χ0) is 21.2. The van der Waals surface area contributed by atoms with Gasteiger partial charge in [-0.1, -0.05) is 37.8 Å². The number of amides is 1. The lowest BCUT2D eigenvalue weighted by molar-refractivity contribution is 0.0909. The Morgan fingerprint density at radius 1 is 0.968 bits per heavy atom. The number of hydrogen-bond acceptors (Lipinski definition) is 2. The molecule has 5 heteroatoms. The van der Waals surface area contributed by atoms with Crippen molar-refractivity contribution in [2.24, 2.45) is 0 Å². The molecule has 1 heterocycles. The number of nitrogens with zero attached hydrogens (tertiary/aromatic N) is 2. The summed E-state index contributed by atoms with van der Waals surface area (Å²) in [5.74, 6) is 0.174. The van der Waals surface area contributed by atoms with Crippen LogP contribution in [-0.4, -0.2) is 21.7 Å². The van der Waals surface area contributed by atoms with Crippen molar-refractivity contribution in [2.75, 3.05) is 0 Å². The number of halogens is 1. The van der Waals surface area contributed by atoms with Gasteiger partial charge < -0.3 is 5.32 Å². The van der Waals surface area contributed by atoms with Crippen LogP contribution in [0.5, 0.6) is 0 Å². The Morgan fingerprint density at radius 2 is 1.71 bits per heavy atom. The summed E-state index contributed by atoms with van der Waals surface area (Å²) in [6, 6.07) is 7.66. The van der Waals surface area contributed by atoms with E-state index < -0.39 is 0 Å². The molecule has 2 aromatic rings. The van der Waals surface area contributed by atoms with Crippen LogP contribution in [0.4, 0.5) is 4.39 Å². The van der Waals surface area contributed by atoms with E-state index in [9.17, 15) is 9.18 Å². The third-order valence-corrected chi connectivity index (χ3v) is 7.64. The second-order valence-electron chi connectivity index (χ2n) is 9.82. The summed E-state index contributed by atoms with van der Waals surface area (Å²) in [7, 11) is 0. The number of aromatic nitrogens is 2. The molecule has 1 amide bonds. The smallest absolute Gasteiger partial charge is 0.272 e. The molecule has 1 aromatic carbocycles. The van der Waals surface area contributed by atoms with Crippen LogP contribution in [0.2, 0.25) is 0 Å². The zero-order valence-corrected chi connectivity index (χ0v) is 18.4. The highest BCUT2D eigenvalue weighted by molar-refractivity contribution is 5.94. The summed E-state index contributed by atoms with van der Waals surface area (Å²) in [6.45, 7) is 0. The minimum absolute atomic E-state index is 0.0259. The van der Waals surface area contributed by atoms with Crippen LogP contribution in [0, 0.1) is 5.82 Å². The van der Waals surface area contributed by atoms with Crippen LogP contribution in [0.25, 0.3) is 0 Å². The van der Waals surface area contributed by atoms with Gasteiger partial charge in [0.15, 0.2) is 5.69 Å². The van der Waals surface area contributed by atoms with Crippen LogP contribution < -0.4 is 5.32 Å². The minimum Gasteiger partial charge on any atom is -0.348 e. The van der Waals surface area contributed by atoms with Crippen LogP contribution >= 0.6 is 0 Å². The molecule has 0 radical (unpaired) electrons. The molecule has 3 aliphatic carbocycles. The normalized spacial score (nSPS) is 22.4. The van der Waals surface area contributed by atoms with Gasteiger partial charge in [0, 0.05) is 23.2 Å². The molecule has 3 aliphatic rings. The van der Waals surface area contributed by atoms with Gasteiger partial charge in [0.25, 0.3) is 5.91 Å². The number of carbonyl (C=O) groups is 1. The van der Waals surface area contributed by atoms with Crippen molar-refractivity contribution in [1.29, 1.82) is 0 Å². The van der Waals surface area contributed by atoms with Crippen LogP contribution in [0.3, 0.4) is 0 Å². The first-order chi connectivity index (χ1) is 15.2. The van der Waals surface area contributed by atoms with E-state index in [1.54, 1.807) is 12.1 Å². The van der Waals surface area contributed by atoms with Crippen molar-refractivity contribution in [3.8, 4) is 0 Å². The minimum atomic E-state index is -0.187. The van der Waals surface area contributed by atoms with E-state index in [-0.39, 0.29) is 11.7 Å². The van der Waals surface area contributed by atoms with Gasteiger partial charge in [-0.15, -0.1) is 0 Å². The first kappa shape index (κ1) is 20.7. The Balaban J connectivity index is 1.51. The number of nitrogens with one attached hydrogen (secondary N) is 1. The maximum absolute atomic E-state index is 13.4. The highest BCUT2D eigenvalue weighted by Gasteiger charge is 2.33. The molecular formula is C26H34FN3O. The topological polar surface area (TPSA) is 46.9 Å². The number of carbonyl (C=O) groups excluding carboxylic acids is 1. The van der Waals surface area contributed by atoms with E-state index >= 15 is 0 Å². The fraction of sp³-hybridized carbons (Fsp3) is 0.615. The molecule has 1 atom stereocenters. The van der Waals surface area contributed by atoms with E-state index in [0.29, 0.717) is 23.7 Å². The van der Waals surface area contributed by atoms with Gasteiger partial charge in [-0.05, 0) is 75.5 Å². The van der Waals surface area contributed by atoms with Gasteiger partial charge in [0.2, 0.25) is 0 Å². The van der Waals surface area contributed by atoms with Gasteiger partial charge in [0.1, 0.15) is 5.82 Å². The van der Waals surface area contributed by atoms with Crippen LogP contribution in [0.1, 0.15) is 110 Å². The zero-order valence-electron chi connectivity index (χ0n) is 18.4. The summed E-state index contributed by atoms with van der Waals surface area (Å²) in [5, 5.41) is 8.25. The van der Waals surface area contributed by atoms with Crippen molar-refractivity contribution in [3.05, 3.63) is 52.6 Å². The first-order valence-corrected chi connectivity index (χ1v) is 12.4. The maximum Gasteiger partial charge on any atom is 0.272 e. The van der Waals surface area contributed by atoms with Gasteiger partial charge in [-0.3, -0.25) is 9.48 Å². The Bertz CT molecular complexity index is 909. The third-order valence-electron chi connectivity index (χ3n) is 7.64. The highest BCUT2D eigenvalue weighted by Crippen LogP contribution is 2.39. The molecule has 4 nitrogen and oxygen atoms in total. The Kier molecular flexibility index (Phi) is 6.10. The molecule has 1 aromatic heterocycles. The molecule has 5 rings (SSSR count). The third kappa shape index (κ3) is 4.42. The Hall–Kier alpha value is -2.17. The lowest BCUT2D eigenvalue weighted by Crippen LogP contribution is -2.40. The number of benzene rings is 1. The van der Waals surface area contributed by atoms with Crippen molar-refractivity contribution in [3.63, 3.8) is 0 Å². The van der Waals surface area contributed by atoms with E-state index in [0.717, 1.165) is 63.4 Å². The average Bonchev–Trinajstić information content (AvgIpc) is 3.02. The molecule has 2 saturated carbocycles. The summed E-state index contributed by atoms with van der Waals surface area (Å²) in [6.07, 6.45) is 14.7. The molecule has 1 N–H and O–H groups in total. The largest absolute Gasteiger partial charge is 0.348 e. The van der Waals surface area contributed by atoms with Gasteiger partial charge in [-0.25, -0.2) is 4.39 Å². The van der Waals surface area contributed by atoms with Gasteiger partial charge >= 0.3 is 0 Å². The van der Waals surface area contributed by atoms with Crippen molar-refractivity contribution >= 4 is 5.91 Å². The Morgan fingerprint density at radius 3 is 2.42 bits per heavy atom. The molecular weight excluding hydrogens is 389 g/mol. The van der Waals surface area contributed by atoms with E-state index in [4.69, 9.17) is 5.10 Å². The van der Waals surface area contributed by atoms with E-state index in [1.165, 1.54) is 36.9 Å². The van der Waals surface area contributed by atoms with Crippen LogP contribution in [0.15, 0.2) is 24.3 Å². The van der Waals surface area contributed by atoms with Crippen molar-refractivity contribution < 1.29 is 9.18 Å². The van der Waals surface area contributed by atoms with Crippen molar-refractivity contribution in [1.82, 2.24) is 15.1 Å². The first-order valence-electron chi connectivity index (χ1n) is 12.4. The molecule has 0 spiro atoms. The molecule has 0 bridgehead atoms. The van der Waals surface area contributed by atoms with Gasteiger partial charge in [-0.2, -0.15) is 5.10 Å². The molecule has 31 heavy (non-hydrogen) atoms. The quantitative estimate of drug-likeness (QED) is 0.612. The Labute approximate surface area is 184 Å². The maximum atomic E-state index is 13.4. The SMILES string of the molecule is O=C(NC1CCC1)c1nn(C2CCCCC2)c2c1CCCCC2Cc1ccc(F)cc1. The highest BCUT2D eigenvalue weighted by atomic mass is 19.1. The average molecular weight is 424 g/mol. The van der Waals surface area contributed by atoms with Crippen LogP contribution in [-0.2, 0) is 12.8 Å². The second-order valence-corrected chi connectivity index (χ2v) is 9.82. The second kappa shape index (κ2) is 9.13. The summed E-state index contributed by atoms with van der Waals surface area (Å²) in [4.78, 5) is 13.2. The number of fused-ring (bicyclic) bond motifs is 1. The number of rotatable bonds is 5. The number of hydrogen-bond donors (Lipinski definition) is 1. The predicted molar refractivity (Wildman–Crippen MR) is 120 cm³/mol. The molecule has 2 fully saturated rings. The lowest BCUT2D eigenvalue weighted by atomic mass is 9.89. The summed E-state index contributed by atoms with van der Waals surface area (Å²) in [5.41, 5.74) is 4.33. The standard InChI is InChI=1S/C26H34FN3O/c27-20-15-13-18(14-16-20)17-19-7-4-5-12-23-24(26(31)28-21-8-6-9-21)29-30(25(19)23)22-10-2-1-3-11-22/h13-16,19,21-22H,1-12,17H2,(H,28,31). The fourth-order valence-electron chi connectivity index (χ4n) is 5.69.